The van der Waals surface area contributed by atoms with Crippen molar-refractivity contribution in [3.63, 3.8) is 0 Å². The quantitative estimate of drug-likeness (QED) is 0.175. The Balaban J connectivity index is 1.04. The van der Waals surface area contributed by atoms with Gasteiger partial charge in [-0.3, -0.25) is 0 Å². The Labute approximate surface area is 334 Å². The van der Waals surface area contributed by atoms with Crippen LogP contribution in [-0.4, -0.2) is 4.57 Å². The van der Waals surface area contributed by atoms with Crippen molar-refractivity contribution in [2.24, 2.45) is 5.92 Å². The van der Waals surface area contributed by atoms with Crippen LogP contribution in [0.2, 0.25) is 0 Å². The smallest absolute Gasteiger partial charge is 0.0541 e. The minimum absolute atomic E-state index is 0.344. The maximum atomic E-state index is 4.59. The molecule has 1 atom stereocenters. The van der Waals surface area contributed by atoms with E-state index in [0.717, 1.165) is 58.6 Å². The Morgan fingerprint density at radius 2 is 1.25 bits per heavy atom. The van der Waals surface area contributed by atoms with Gasteiger partial charge in [-0.2, -0.15) is 0 Å². The van der Waals surface area contributed by atoms with Crippen LogP contribution >= 0.6 is 0 Å². The summed E-state index contributed by atoms with van der Waals surface area (Å²) in [4.78, 5) is 4.79. The zero-order chi connectivity index (χ0) is 37.9. The molecule has 6 aromatic carbocycles. The Morgan fingerprint density at radius 3 is 2.00 bits per heavy atom. The average molecular weight is 732 g/mol. The molecule has 272 valence electrons. The molecule has 2 aliphatic carbocycles. The van der Waals surface area contributed by atoms with Gasteiger partial charge in [0, 0.05) is 56.9 Å². The molecule has 1 unspecified atom stereocenters. The summed E-state index contributed by atoms with van der Waals surface area (Å²) in [5.74, 6) is 0.344. The minimum atomic E-state index is 0.344. The number of para-hydroxylation sites is 4. The fraction of sp³-hybridized carbons (Fsp3) is 0.0741. The first kappa shape index (κ1) is 33.3. The van der Waals surface area contributed by atoms with Crippen LogP contribution in [0.25, 0.3) is 44.2 Å². The van der Waals surface area contributed by atoms with E-state index in [4.69, 9.17) is 0 Å². The van der Waals surface area contributed by atoms with Crippen molar-refractivity contribution in [3.05, 3.63) is 235 Å². The predicted octanol–water partition coefficient (Wildman–Crippen LogP) is 14.0. The fourth-order valence-corrected chi connectivity index (χ4v) is 9.43. The number of anilines is 3. The molecule has 7 aromatic rings. The second-order valence-electron chi connectivity index (χ2n) is 15.4. The first-order valence-corrected chi connectivity index (χ1v) is 20.0. The van der Waals surface area contributed by atoms with Crippen molar-refractivity contribution >= 4 is 55.6 Å². The van der Waals surface area contributed by atoms with Crippen molar-refractivity contribution in [2.45, 2.75) is 19.3 Å². The van der Waals surface area contributed by atoms with Gasteiger partial charge in [0.15, 0.2) is 0 Å². The van der Waals surface area contributed by atoms with Crippen LogP contribution in [0, 0.1) is 5.92 Å². The maximum absolute atomic E-state index is 4.59. The van der Waals surface area contributed by atoms with Crippen LogP contribution in [0.3, 0.4) is 0 Å². The van der Waals surface area contributed by atoms with E-state index in [1.54, 1.807) is 0 Å². The summed E-state index contributed by atoms with van der Waals surface area (Å²) in [5.41, 5.74) is 18.4. The average Bonchev–Trinajstić information content (AvgIpc) is 3.78. The zero-order valence-corrected chi connectivity index (χ0v) is 31.7. The van der Waals surface area contributed by atoms with E-state index < -0.39 is 0 Å². The molecule has 0 bridgehead atoms. The van der Waals surface area contributed by atoms with Crippen LogP contribution in [0.4, 0.5) is 17.1 Å². The van der Waals surface area contributed by atoms with Gasteiger partial charge in [0.2, 0.25) is 0 Å². The Morgan fingerprint density at radius 1 is 0.596 bits per heavy atom. The summed E-state index contributed by atoms with van der Waals surface area (Å²) < 4.78 is 2.42. The van der Waals surface area contributed by atoms with Crippen molar-refractivity contribution in [2.75, 3.05) is 9.80 Å². The van der Waals surface area contributed by atoms with E-state index in [0.29, 0.717) is 5.92 Å². The number of rotatable bonds is 5. The number of hydrogen-bond donors (Lipinski definition) is 0. The molecule has 0 fully saturated rings. The second-order valence-corrected chi connectivity index (χ2v) is 15.4. The SMILES string of the molecule is C=C1/C=C(c2ccc3c(c2)c2cc(C4=CC=C5C(C4)C4=C(CCC=C4)N5c4ccccc4)ccc2n3-c2ccccc2)\C=C/N(c2ccccc2)c2ccccc21. The highest BCUT2D eigenvalue weighted by Crippen LogP contribution is 2.50. The van der Waals surface area contributed by atoms with Gasteiger partial charge in [0.25, 0.3) is 0 Å². The molecule has 0 saturated heterocycles. The molecular formula is C54H41N3. The Hall–Kier alpha value is -7.10. The molecule has 0 amide bonds. The van der Waals surface area contributed by atoms with Gasteiger partial charge in [0.1, 0.15) is 0 Å². The lowest BCUT2D eigenvalue weighted by molar-refractivity contribution is 0.760. The van der Waals surface area contributed by atoms with Crippen LogP contribution in [0.15, 0.2) is 218 Å². The number of hydrogen-bond acceptors (Lipinski definition) is 2. The van der Waals surface area contributed by atoms with E-state index >= 15 is 0 Å². The second kappa shape index (κ2) is 13.6. The third kappa shape index (κ3) is 5.58. The first-order valence-electron chi connectivity index (χ1n) is 20.0. The summed E-state index contributed by atoms with van der Waals surface area (Å²) >= 11 is 0. The lowest BCUT2D eigenvalue weighted by Crippen LogP contribution is -2.20. The topological polar surface area (TPSA) is 11.4 Å². The minimum Gasteiger partial charge on any atom is -0.317 e. The molecule has 0 radical (unpaired) electrons. The molecule has 11 rings (SSSR count). The third-order valence-corrected chi connectivity index (χ3v) is 12.1. The molecule has 1 aromatic heterocycles. The van der Waals surface area contributed by atoms with Gasteiger partial charge in [0.05, 0.1) is 16.7 Å². The fourth-order valence-electron chi connectivity index (χ4n) is 9.43. The van der Waals surface area contributed by atoms with E-state index in [9.17, 15) is 0 Å². The first-order chi connectivity index (χ1) is 28.2. The molecular weight excluding hydrogens is 691 g/mol. The van der Waals surface area contributed by atoms with E-state index in [1.165, 1.54) is 55.6 Å². The van der Waals surface area contributed by atoms with E-state index in [-0.39, 0.29) is 0 Å². The largest absolute Gasteiger partial charge is 0.317 e. The van der Waals surface area contributed by atoms with Crippen LogP contribution in [0.1, 0.15) is 36.0 Å². The van der Waals surface area contributed by atoms with Crippen molar-refractivity contribution in [3.8, 4) is 5.69 Å². The normalized spacial score (nSPS) is 19.0. The molecule has 4 aliphatic rings. The van der Waals surface area contributed by atoms with E-state index in [2.05, 4.69) is 215 Å². The highest BCUT2D eigenvalue weighted by Gasteiger charge is 2.38. The van der Waals surface area contributed by atoms with Gasteiger partial charge in [-0.05, 0) is 138 Å². The summed E-state index contributed by atoms with van der Waals surface area (Å²) in [6, 6.07) is 54.8. The van der Waals surface area contributed by atoms with Crippen LogP contribution in [-0.2, 0) is 0 Å². The number of benzene rings is 6. The molecule has 57 heavy (non-hydrogen) atoms. The Kier molecular flexibility index (Phi) is 7.92. The van der Waals surface area contributed by atoms with E-state index in [1.807, 2.05) is 0 Å². The molecule has 3 nitrogen and oxygen atoms in total. The van der Waals surface area contributed by atoms with Gasteiger partial charge < -0.3 is 14.4 Å². The Bertz CT molecular complexity index is 2930. The molecule has 0 spiro atoms. The van der Waals surface area contributed by atoms with Crippen molar-refractivity contribution in [1.82, 2.24) is 4.57 Å². The summed E-state index contributed by atoms with van der Waals surface area (Å²) in [5, 5.41) is 2.49. The maximum Gasteiger partial charge on any atom is 0.0541 e. The number of allylic oxidation sites excluding steroid dienone is 11. The van der Waals surface area contributed by atoms with Gasteiger partial charge in [-0.25, -0.2) is 0 Å². The molecule has 3 heterocycles. The highest BCUT2D eigenvalue weighted by atomic mass is 15.2. The predicted molar refractivity (Wildman–Crippen MR) is 240 cm³/mol. The third-order valence-electron chi connectivity index (χ3n) is 12.1. The summed E-state index contributed by atoms with van der Waals surface area (Å²) in [7, 11) is 0. The molecule has 2 aliphatic heterocycles. The van der Waals surface area contributed by atoms with Crippen LogP contribution < -0.4 is 9.80 Å². The number of nitrogens with zero attached hydrogens (tertiary/aromatic N) is 3. The van der Waals surface area contributed by atoms with Gasteiger partial charge in [-0.15, -0.1) is 0 Å². The van der Waals surface area contributed by atoms with Crippen LogP contribution in [0.5, 0.6) is 0 Å². The molecule has 0 N–H and O–H groups in total. The monoisotopic (exact) mass is 731 g/mol. The highest BCUT2D eigenvalue weighted by molar-refractivity contribution is 6.11. The zero-order valence-electron chi connectivity index (χ0n) is 31.7. The molecule has 0 saturated carbocycles. The summed E-state index contributed by atoms with van der Waals surface area (Å²) in [6.07, 6.45) is 19.3. The lowest BCUT2D eigenvalue weighted by Gasteiger charge is -2.28. The standard InChI is InChI=1S/C54H41N3/c1-37-33-41(31-32-55(42-15-5-2-6-16-42)50-23-13-11-21-45(37)50)40-27-30-54-49(36-40)48-35-39(26-29-53(48)57(54)44-19-9-4-10-20-44)38-25-28-52-47(34-38)46-22-12-14-24-51(46)56(52)43-17-7-3-8-18-43/h2-13,15-23,25-33,35-36,47H,1,14,24,34H2/b32-31-,41-33+. The van der Waals surface area contributed by atoms with Gasteiger partial charge >= 0.3 is 0 Å². The number of aromatic nitrogens is 1. The molecule has 3 heteroatoms. The van der Waals surface area contributed by atoms with Gasteiger partial charge in [-0.1, -0.05) is 110 Å². The summed E-state index contributed by atoms with van der Waals surface area (Å²) in [6.45, 7) is 4.59. The van der Waals surface area contributed by atoms with Crippen molar-refractivity contribution < 1.29 is 0 Å². The number of fused-ring (bicyclic) bond motifs is 6. The van der Waals surface area contributed by atoms with Crippen molar-refractivity contribution in [1.29, 1.82) is 0 Å². The lowest BCUT2D eigenvalue weighted by atomic mass is 9.83.